The Morgan fingerprint density at radius 1 is 1.47 bits per heavy atom. The summed E-state index contributed by atoms with van der Waals surface area (Å²) in [5, 5.41) is 4.71. The van der Waals surface area contributed by atoms with Crippen molar-refractivity contribution in [2.75, 3.05) is 11.9 Å². The van der Waals surface area contributed by atoms with Crippen LogP contribution < -0.4 is 5.32 Å². The van der Waals surface area contributed by atoms with E-state index in [1.807, 2.05) is 0 Å². The summed E-state index contributed by atoms with van der Waals surface area (Å²) in [7, 11) is 0. The smallest absolute Gasteiger partial charge is 0.161 e. The predicted octanol–water partition coefficient (Wildman–Crippen LogP) is 3.12. The van der Waals surface area contributed by atoms with Gasteiger partial charge in [0.05, 0.1) is 6.54 Å². The van der Waals surface area contributed by atoms with Crippen LogP contribution >= 0.6 is 11.8 Å². The second-order valence-electron chi connectivity index (χ2n) is 3.43. The summed E-state index contributed by atoms with van der Waals surface area (Å²) in [5.41, 5.74) is 0.888. The summed E-state index contributed by atoms with van der Waals surface area (Å²) < 4.78 is 12.7. The number of halogens is 1. The molecule has 1 aliphatic rings. The summed E-state index contributed by atoms with van der Waals surface area (Å²) in [5.74, 6) is -0.215. The molecule has 1 heterocycles. The Labute approximate surface area is 93.0 Å². The molecule has 0 saturated carbocycles. The largest absolute Gasteiger partial charge is 0.335 e. The standard InChI is InChI=1S/C11H13FN2S/c1-2-10-7-13-11(15-10)14-9-5-3-8(12)4-6-9/h3-6,10H,2,7H2,1H3,(H,13,14). The first-order valence-corrected chi connectivity index (χ1v) is 5.89. The third-order valence-corrected chi connectivity index (χ3v) is 3.54. The molecule has 0 aliphatic carbocycles. The molecule has 2 rings (SSSR count). The van der Waals surface area contributed by atoms with Crippen LogP contribution in [0.15, 0.2) is 29.3 Å². The quantitative estimate of drug-likeness (QED) is 0.834. The number of thioether (sulfide) groups is 1. The van der Waals surface area contributed by atoms with Crippen molar-refractivity contribution in [1.29, 1.82) is 0 Å². The predicted molar refractivity (Wildman–Crippen MR) is 64.0 cm³/mol. The molecule has 1 N–H and O–H groups in total. The fourth-order valence-corrected chi connectivity index (χ4v) is 2.31. The summed E-state index contributed by atoms with van der Waals surface area (Å²) >= 11 is 1.75. The van der Waals surface area contributed by atoms with Gasteiger partial charge in [-0.25, -0.2) is 4.39 Å². The maximum atomic E-state index is 12.7. The van der Waals surface area contributed by atoms with E-state index in [1.165, 1.54) is 12.1 Å². The van der Waals surface area contributed by atoms with Crippen molar-refractivity contribution >= 4 is 22.6 Å². The molecule has 0 amide bonds. The van der Waals surface area contributed by atoms with E-state index < -0.39 is 0 Å². The first-order chi connectivity index (χ1) is 7.28. The topological polar surface area (TPSA) is 24.4 Å². The van der Waals surface area contributed by atoms with Gasteiger partial charge in [-0.05, 0) is 30.7 Å². The Morgan fingerprint density at radius 2 is 2.20 bits per heavy atom. The molecule has 0 fully saturated rings. The molecule has 0 radical (unpaired) electrons. The number of nitrogens with zero attached hydrogens (tertiary/aromatic N) is 1. The van der Waals surface area contributed by atoms with E-state index in [-0.39, 0.29) is 5.82 Å². The molecule has 2 nitrogen and oxygen atoms in total. The molecule has 1 aromatic carbocycles. The van der Waals surface area contributed by atoms with Gasteiger partial charge in [0.1, 0.15) is 5.82 Å². The van der Waals surface area contributed by atoms with Gasteiger partial charge in [0.15, 0.2) is 5.17 Å². The molecule has 0 aromatic heterocycles. The van der Waals surface area contributed by atoms with Crippen LogP contribution in [0.25, 0.3) is 0 Å². The summed E-state index contributed by atoms with van der Waals surface area (Å²) in [6, 6.07) is 6.33. The zero-order chi connectivity index (χ0) is 10.7. The van der Waals surface area contributed by atoms with Gasteiger partial charge < -0.3 is 5.32 Å². The van der Waals surface area contributed by atoms with Crippen molar-refractivity contribution in [2.45, 2.75) is 18.6 Å². The lowest BCUT2D eigenvalue weighted by atomic mass is 10.3. The van der Waals surface area contributed by atoms with Crippen LogP contribution in [0.4, 0.5) is 10.1 Å². The van der Waals surface area contributed by atoms with E-state index in [2.05, 4.69) is 17.2 Å². The molecule has 15 heavy (non-hydrogen) atoms. The Hall–Kier alpha value is -1.03. The van der Waals surface area contributed by atoms with Crippen molar-refractivity contribution < 1.29 is 4.39 Å². The summed E-state index contributed by atoms with van der Waals surface area (Å²) in [6.07, 6.45) is 1.13. The van der Waals surface area contributed by atoms with Crippen molar-refractivity contribution in [3.05, 3.63) is 30.1 Å². The van der Waals surface area contributed by atoms with E-state index in [0.29, 0.717) is 5.25 Å². The van der Waals surface area contributed by atoms with E-state index in [4.69, 9.17) is 0 Å². The second kappa shape index (κ2) is 4.66. The Balaban J connectivity index is 1.95. The third kappa shape index (κ3) is 2.72. The fraction of sp³-hybridized carbons (Fsp3) is 0.364. The average molecular weight is 224 g/mol. The number of nitrogens with one attached hydrogen (secondary N) is 1. The van der Waals surface area contributed by atoms with Gasteiger partial charge >= 0.3 is 0 Å². The molecule has 1 atom stereocenters. The van der Waals surface area contributed by atoms with Gasteiger partial charge in [0, 0.05) is 10.9 Å². The summed E-state index contributed by atoms with van der Waals surface area (Å²) in [6.45, 7) is 3.04. The molecule has 1 aliphatic heterocycles. The minimum Gasteiger partial charge on any atom is -0.335 e. The number of aliphatic imine (C=N–C) groups is 1. The van der Waals surface area contributed by atoms with Gasteiger partial charge in [-0.15, -0.1) is 0 Å². The summed E-state index contributed by atoms with van der Waals surface area (Å²) in [4.78, 5) is 4.38. The van der Waals surface area contributed by atoms with Crippen LogP contribution in [0.2, 0.25) is 0 Å². The molecule has 0 bridgehead atoms. The lowest BCUT2D eigenvalue weighted by molar-refractivity contribution is 0.628. The fourth-order valence-electron chi connectivity index (χ4n) is 1.36. The zero-order valence-electron chi connectivity index (χ0n) is 8.53. The SMILES string of the molecule is CCC1CN=C(Nc2ccc(F)cc2)S1. The number of benzene rings is 1. The van der Waals surface area contributed by atoms with Gasteiger partial charge in [-0.1, -0.05) is 18.7 Å². The van der Waals surface area contributed by atoms with E-state index >= 15 is 0 Å². The van der Waals surface area contributed by atoms with Crippen molar-refractivity contribution in [3.8, 4) is 0 Å². The second-order valence-corrected chi connectivity index (χ2v) is 4.71. The molecule has 80 valence electrons. The minimum atomic E-state index is -0.215. The van der Waals surface area contributed by atoms with Crippen LogP contribution in [-0.2, 0) is 0 Å². The molecular weight excluding hydrogens is 211 g/mol. The first kappa shape index (κ1) is 10.5. The number of hydrogen-bond acceptors (Lipinski definition) is 3. The highest BCUT2D eigenvalue weighted by atomic mass is 32.2. The highest BCUT2D eigenvalue weighted by Crippen LogP contribution is 2.24. The molecular formula is C11H13FN2S. The number of hydrogen-bond donors (Lipinski definition) is 1. The normalized spacial score (nSPS) is 20.1. The van der Waals surface area contributed by atoms with Crippen LogP contribution in [0.1, 0.15) is 13.3 Å². The lowest BCUT2D eigenvalue weighted by Gasteiger charge is -2.06. The lowest BCUT2D eigenvalue weighted by Crippen LogP contribution is -2.06. The van der Waals surface area contributed by atoms with Crippen LogP contribution in [0.5, 0.6) is 0 Å². The van der Waals surface area contributed by atoms with E-state index in [0.717, 1.165) is 23.8 Å². The van der Waals surface area contributed by atoms with E-state index in [1.54, 1.807) is 23.9 Å². The number of rotatable bonds is 2. The Bertz CT molecular complexity index is 361. The molecule has 1 aromatic rings. The van der Waals surface area contributed by atoms with Crippen LogP contribution in [-0.4, -0.2) is 17.0 Å². The molecule has 0 saturated heterocycles. The van der Waals surface area contributed by atoms with Gasteiger partial charge in [0.2, 0.25) is 0 Å². The molecule has 1 unspecified atom stereocenters. The minimum absolute atomic E-state index is 0.215. The average Bonchev–Trinajstić information content (AvgIpc) is 2.69. The first-order valence-electron chi connectivity index (χ1n) is 5.01. The van der Waals surface area contributed by atoms with Gasteiger partial charge in [-0.2, -0.15) is 0 Å². The Morgan fingerprint density at radius 3 is 2.80 bits per heavy atom. The van der Waals surface area contributed by atoms with Gasteiger partial charge in [-0.3, -0.25) is 4.99 Å². The van der Waals surface area contributed by atoms with Crippen molar-refractivity contribution in [2.24, 2.45) is 4.99 Å². The highest BCUT2D eigenvalue weighted by molar-refractivity contribution is 8.15. The molecule has 4 heteroatoms. The highest BCUT2D eigenvalue weighted by Gasteiger charge is 2.17. The van der Waals surface area contributed by atoms with Crippen LogP contribution in [0, 0.1) is 5.82 Å². The van der Waals surface area contributed by atoms with Crippen molar-refractivity contribution in [3.63, 3.8) is 0 Å². The monoisotopic (exact) mass is 224 g/mol. The Kier molecular flexibility index (Phi) is 3.26. The van der Waals surface area contributed by atoms with Crippen molar-refractivity contribution in [1.82, 2.24) is 0 Å². The van der Waals surface area contributed by atoms with Gasteiger partial charge in [0.25, 0.3) is 0 Å². The van der Waals surface area contributed by atoms with Crippen LogP contribution in [0.3, 0.4) is 0 Å². The third-order valence-electron chi connectivity index (χ3n) is 2.27. The maximum absolute atomic E-state index is 12.7. The number of anilines is 1. The number of amidine groups is 1. The zero-order valence-corrected chi connectivity index (χ0v) is 9.35. The molecule has 0 spiro atoms. The van der Waals surface area contributed by atoms with E-state index in [9.17, 15) is 4.39 Å². The maximum Gasteiger partial charge on any atom is 0.161 e.